The molecule has 1 heterocycles. The minimum atomic E-state index is 0.287. The monoisotopic (exact) mass is 282 g/mol. The maximum atomic E-state index is 6.03. The lowest BCUT2D eigenvalue weighted by molar-refractivity contribution is 0.0279. The van der Waals surface area contributed by atoms with E-state index in [0.717, 1.165) is 31.0 Å². The van der Waals surface area contributed by atoms with E-state index in [1.54, 1.807) is 7.11 Å². The zero-order valence-corrected chi connectivity index (χ0v) is 12.5. The topological polar surface area (TPSA) is 38.5 Å². The number of nitrogens with two attached hydrogens (primary N) is 1. The highest BCUT2D eigenvalue weighted by Gasteiger charge is 2.26. The summed E-state index contributed by atoms with van der Waals surface area (Å²) in [4.78, 5) is 2.46. The summed E-state index contributed by atoms with van der Waals surface area (Å²) in [7, 11) is 1.80. The summed E-state index contributed by atoms with van der Waals surface area (Å²) in [6, 6.07) is 6.36. The summed E-state index contributed by atoms with van der Waals surface area (Å²) >= 11 is 6.03. The minimum Gasteiger partial charge on any atom is -0.381 e. The first-order chi connectivity index (χ1) is 9.15. The van der Waals surface area contributed by atoms with Crippen LogP contribution in [0.1, 0.15) is 30.0 Å². The van der Waals surface area contributed by atoms with Crippen LogP contribution in [0.25, 0.3) is 0 Å². The van der Waals surface area contributed by atoms with Gasteiger partial charge in [0.05, 0.1) is 6.10 Å². The van der Waals surface area contributed by atoms with Crippen LogP contribution in [0.3, 0.4) is 0 Å². The maximum absolute atomic E-state index is 6.03. The van der Waals surface area contributed by atoms with Crippen molar-refractivity contribution in [3.63, 3.8) is 0 Å². The number of piperidine rings is 1. The zero-order chi connectivity index (χ0) is 13.8. The number of nitrogens with zero attached hydrogens (tertiary/aromatic N) is 1. The second kappa shape index (κ2) is 6.71. The van der Waals surface area contributed by atoms with Gasteiger partial charge in [-0.3, -0.25) is 4.90 Å². The van der Waals surface area contributed by atoms with Crippen LogP contribution in [-0.2, 0) is 4.74 Å². The van der Waals surface area contributed by atoms with Gasteiger partial charge in [0.25, 0.3) is 0 Å². The van der Waals surface area contributed by atoms with Gasteiger partial charge in [-0.15, -0.1) is 0 Å². The Bertz CT molecular complexity index is 417. The van der Waals surface area contributed by atoms with Gasteiger partial charge in [0.1, 0.15) is 0 Å². The zero-order valence-electron chi connectivity index (χ0n) is 11.7. The molecule has 0 spiro atoms. The predicted octanol–water partition coefficient (Wildman–Crippen LogP) is 2.76. The summed E-state index contributed by atoms with van der Waals surface area (Å²) in [6.07, 6.45) is 2.57. The van der Waals surface area contributed by atoms with Gasteiger partial charge in [0.15, 0.2) is 0 Å². The molecule has 0 amide bonds. The molecule has 0 aliphatic carbocycles. The van der Waals surface area contributed by atoms with Crippen molar-refractivity contribution in [3.05, 3.63) is 34.3 Å². The van der Waals surface area contributed by atoms with E-state index in [1.165, 1.54) is 11.1 Å². The molecule has 1 atom stereocenters. The van der Waals surface area contributed by atoms with Gasteiger partial charge in [0, 0.05) is 37.8 Å². The predicted molar refractivity (Wildman–Crippen MR) is 79.6 cm³/mol. The van der Waals surface area contributed by atoms with Gasteiger partial charge < -0.3 is 10.5 Å². The minimum absolute atomic E-state index is 0.287. The normalized spacial score (nSPS) is 19.6. The molecular formula is C15H23ClN2O. The molecule has 0 aromatic heterocycles. The Kier molecular flexibility index (Phi) is 5.22. The van der Waals surface area contributed by atoms with E-state index in [9.17, 15) is 0 Å². The van der Waals surface area contributed by atoms with Crippen molar-refractivity contribution in [2.75, 3.05) is 26.7 Å². The second-order valence-corrected chi connectivity index (χ2v) is 5.66. The number of hydrogen-bond donors (Lipinski definition) is 1. The summed E-state index contributed by atoms with van der Waals surface area (Å²) < 4.78 is 5.42. The summed E-state index contributed by atoms with van der Waals surface area (Å²) in [6.45, 7) is 4.83. The van der Waals surface area contributed by atoms with Crippen LogP contribution in [0.4, 0.5) is 0 Å². The molecule has 106 valence electrons. The third-order valence-corrected chi connectivity index (χ3v) is 4.30. The van der Waals surface area contributed by atoms with E-state index in [2.05, 4.69) is 17.9 Å². The first-order valence-corrected chi connectivity index (χ1v) is 7.26. The average Bonchev–Trinajstić information content (AvgIpc) is 2.42. The van der Waals surface area contributed by atoms with Crippen LogP contribution in [0.5, 0.6) is 0 Å². The number of halogens is 1. The summed E-state index contributed by atoms with van der Waals surface area (Å²) in [5, 5.41) is 0.787. The van der Waals surface area contributed by atoms with Gasteiger partial charge in [-0.25, -0.2) is 0 Å². The number of ether oxygens (including phenoxy) is 1. The molecule has 1 aliphatic heterocycles. The first kappa shape index (κ1) is 14.8. The van der Waals surface area contributed by atoms with Gasteiger partial charge in [-0.2, -0.15) is 0 Å². The smallest absolute Gasteiger partial charge is 0.0595 e. The lowest BCUT2D eigenvalue weighted by Crippen LogP contribution is -2.41. The standard InChI is InChI=1S/C15H23ClN2O/c1-11-9-12(16)3-4-14(11)15(10-17)18-7-5-13(19-2)6-8-18/h3-4,9,13,15H,5-8,10,17H2,1-2H3. The highest BCUT2D eigenvalue weighted by molar-refractivity contribution is 6.30. The molecule has 1 fully saturated rings. The van der Waals surface area contributed by atoms with E-state index in [-0.39, 0.29) is 6.04 Å². The molecule has 0 saturated carbocycles. The lowest BCUT2D eigenvalue weighted by atomic mass is 9.97. The molecule has 2 rings (SSSR count). The fraction of sp³-hybridized carbons (Fsp3) is 0.600. The third-order valence-electron chi connectivity index (χ3n) is 4.06. The van der Waals surface area contributed by atoms with Gasteiger partial charge in [0.2, 0.25) is 0 Å². The van der Waals surface area contributed by atoms with Gasteiger partial charge in [-0.05, 0) is 43.0 Å². The Labute approximate surface area is 120 Å². The Morgan fingerprint density at radius 2 is 2.11 bits per heavy atom. The number of aryl methyl sites for hydroxylation is 1. The largest absolute Gasteiger partial charge is 0.381 e. The van der Waals surface area contributed by atoms with Crippen molar-refractivity contribution in [1.29, 1.82) is 0 Å². The molecule has 2 N–H and O–H groups in total. The van der Waals surface area contributed by atoms with E-state index in [1.807, 2.05) is 12.1 Å². The van der Waals surface area contributed by atoms with Crippen LogP contribution in [0.15, 0.2) is 18.2 Å². The number of hydrogen-bond acceptors (Lipinski definition) is 3. The van der Waals surface area contributed by atoms with E-state index < -0.39 is 0 Å². The number of benzene rings is 1. The summed E-state index contributed by atoms with van der Waals surface area (Å²) in [5.74, 6) is 0. The van der Waals surface area contributed by atoms with Crippen LogP contribution < -0.4 is 5.73 Å². The molecule has 1 aliphatic rings. The Morgan fingerprint density at radius 3 is 2.63 bits per heavy atom. The Morgan fingerprint density at radius 1 is 1.42 bits per heavy atom. The molecule has 4 heteroatoms. The van der Waals surface area contributed by atoms with Gasteiger partial charge >= 0.3 is 0 Å². The fourth-order valence-corrected chi connectivity index (χ4v) is 3.14. The third kappa shape index (κ3) is 3.48. The number of rotatable bonds is 4. The van der Waals surface area contributed by atoms with Gasteiger partial charge in [-0.1, -0.05) is 17.7 Å². The van der Waals surface area contributed by atoms with Crippen molar-refractivity contribution >= 4 is 11.6 Å². The first-order valence-electron chi connectivity index (χ1n) is 6.88. The highest BCUT2D eigenvalue weighted by atomic mass is 35.5. The molecule has 1 aromatic carbocycles. The van der Waals surface area contributed by atoms with Crippen LogP contribution in [0.2, 0.25) is 5.02 Å². The quantitative estimate of drug-likeness (QED) is 0.923. The van der Waals surface area contributed by atoms with Crippen molar-refractivity contribution in [1.82, 2.24) is 4.90 Å². The SMILES string of the molecule is COC1CCN(C(CN)c2ccc(Cl)cc2C)CC1. The molecule has 0 bridgehead atoms. The molecule has 1 unspecified atom stereocenters. The number of likely N-dealkylation sites (tertiary alicyclic amines) is 1. The van der Waals surface area contributed by atoms with Crippen molar-refractivity contribution in [2.24, 2.45) is 5.73 Å². The maximum Gasteiger partial charge on any atom is 0.0595 e. The van der Waals surface area contributed by atoms with Crippen molar-refractivity contribution < 1.29 is 4.74 Å². The van der Waals surface area contributed by atoms with E-state index in [0.29, 0.717) is 12.6 Å². The molecule has 1 aromatic rings. The summed E-state index contributed by atoms with van der Waals surface area (Å²) in [5.41, 5.74) is 8.52. The fourth-order valence-electron chi connectivity index (χ4n) is 2.91. The van der Waals surface area contributed by atoms with Crippen LogP contribution in [-0.4, -0.2) is 37.7 Å². The van der Waals surface area contributed by atoms with Crippen molar-refractivity contribution in [2.45, 2.75) is 31.9 Å². The number of methoxy groups -OCH3 is 1. The van der Waals surface area contributed by atoms with E-state index >= 15 is 0 Å². The Hall–Kier alpha value is -0.610. The molecule has 0 radical (unpaired) electrons. The molecule has 19 heavy (non-hydrogen) atoms. The van der Waals surface area contributed by atoms with Crippen LogP contribution >= 0.6 is 11.6 Å². The lowest BCUT2D eigenvalue weighted by Gasteiger charge is -2.37. The second-order valence-electron chi connectivity index (χ2n) is 5.22. The van der Waals surface area contributed by atoms with Crippen LogP contribution in [0, 0.1) is 6.92 Å². The molecule has 1 saturated heterocycles. The average molecular weight is 283 g/mol. The molecule has 3 nitrogen and oxygen atoms in total. The van der Waals surface area contributed by atoms with Crippen molar-refractivity contribution in [3.8, 4) is 0 Å². The Balaban J connectivity index is 2.12. The highest BCUT2D eigenvalue weighted by Crippen LogP contribution is 2.28. The van der Waals surface area contributed by atoms with E-state index in [4.69, 9.17) is 22.1 Å². The molecular weight excluding hydrogens is 260 g/mol.